The van der Waals surface area contributed by atoms with Crippen molar-refractivity contribution in [3.8, 4) is 0 Å². The van der Waals surface area contributed by atoms with E-state index in [4.69, 9.17) is 21.0 Å². The number of aryl methyl sites for hydroxylation is 1. The lowest BCUT2D eigenvalue weighted by Crippen LogP contribution is -2.37. The number of fused-ring (bicyclic) bond motifs is 1. The van der Waals surface area contributed by atoms with E-state index in [0.717, 1.165) is 15.8 Å². The second kappa shape index (κ2) is 11.6. The molecule has 38 heavy (non-hydrogen) atoms. The van der Waals surface area contributed by atoms with Gasteiger partial charge in [0, 0.05) is 23.7 Å². The highest BCUT2D eigenvalue weighted by Gasteiger charge is 2.28. The maximum Gasteiger partial charge on any atom is 0.260 e. The molecule has 0 aliphatic rings. The topological polar surface area (TPSA) is 83.7 Å². The summed E-state index contributed by atoms with van der Waals surface area (Å²) in [5.74, 6) is 0.665. The van der Waals surface area contributed by atoms with Crippen LogP contribution in [0.4, 0.5) is 5.13 Å². The molecule has 1 amide bonds. The molecule has 0 saturated carbocycles. The maximum atomic E-state index is 13.8. The van der Waals surface area contributed by atoms with Gasteiger partial charge in [0.1, 0.15) is 5.76 Å². The summed E-state index contributed by atoms with van der Waals surface area (Å²) in [5, 5.41) is 1.11. The van der Waals surface area contributed by atoms with Gasteiger partial charge < -0.3 is 4.42 Å². The number of carbonyl (C=O) groups is 1. The van der Waals surface area contributed by atoms with Crippen LogP contribution in [0.1, 0.15) is 49.4 Å². The zero-order valence-corrected chi connectivity index (χ0v) is 24.5. The summed E-state index contributed by atoms with van der Waals surface area (Å²) in [6.45, 7) is 10.9. The summed E-state index contributed by atoms with van der Waals surface area (Å²) >= 11 is 7.68. The Hall–Kier alpha value is -2.72. The Labute approximate surface area is 233 Å². The van der Waals surface area contributed by atoms with Crippen molar-refractivity contribution in [1.29, 1.82) is 0 Å². The Morgan fingerprint density at radius 3 is 2.26 bits per heavy atom. The van der Waals surface area contributed by atoms with Crippen LogP contribution in [-0.4, -0.2) is 36.7 Å². The normalized spacial score (nSPS) is 12.2. The minimum Gasteiger partial charge on any atom is -0.467 e. The summed E-state index contributed by atoms with van der Waals surface area (Å²) in [6.07, 6.45) is 1.56. The number of sulfonamides is 1. The number of carbonyl (C=O) groups excluding carboxylic acids is 1. The highest BCUT2D eigenvalue weighted by Crippen LogP contribution is 2.35. The number of hydrogen-bond donors (Lipinski definition) is 0. The van der Waals surface area contributed by atoms with Crippen LogP contribution in [0.25, 0.3) is 10.2 Å². The molecule has 0 atom stereocenters. The second-order valence-electron chi connectivity index (χ2n) is 10.1. The largest absolute Gasteiger partial charge is 0.467 e. The molecule has 0 fully saturated rings. The number of nitrogens with zero attached hydrogens (tertiary/aromatic N) is 3. The van der Waals surface area contributed by atoms with Crippen molar-refractivity contribution in [1.82, 2.24) is 9.29 Å². The molecular formula is C28H32ClN3O4S2. The van der Waals surface area contributed by atoms with Crippen LogP contribution < -0.4 is 4.90 Å². The molecule has 2 aromatic heterocycles. The Bertz CT molecular complexity index is 1500. The molecule has 0 N–H and O–H groups in total. The van der Waals surface area contributed by atoms with Crippen LogP contribution >= 0.6 is 22.9 Å². The van der Waals surface area contributed by atoms with E-state index < -0.39 is 10.0 Å². The van der Waals surface area contributed by atoms with Crippen molar-refractivity contribution in [2.24, 2.45) is 11.8 Å². The van der Waals surface area contributed by atoms with Gasteiger partial charge in [-0.3, -0.25) is 9.69 Å². The molecule has 0 aliphatic carbocycles. The third-order valence-corrected chi connectivity index (χ3v) is 9.28. The van der Waals surface area contributed by atoms with Gasteiger partial charge in [-0.05, 0) is 72.9 Å². The van der Waals surface area contributed by atoms with Gasteiger partial charge in [-0.25, -0.2) is 13.4 Å². The smallest absolute Gasteiger partial charge is 0.260 e. The first-order chi connectivity index (χ1) is 18.0. The number of hydrogen-bond acceptors (Lipinski definition) is 6. The monoisotopic (exact) mass is 573 g/mol. The summed E-state index contributed by atoms with van der Waals surface area (Å²) in [7, 11) is -3.70. The van der Waals surface area contributed by atoms with Crippen LogP contribution in [0.15, 0.2) is 64.1 Å². The molecule has 10 heteroatoms. The van der Waals surface area contributed by atoms with Gasteiger partial charge in [-0.15, -0.1) is 0 Å². The Morgan fingerprint density at radius 2 is 1.68 bits per heavy atom. The van der Waals surface area contributed by atoms with Crippen LogP contribution in [0.2, 0.25) is 5.02 Å². The van der Waals surface area contributed by atoms with E-state index in [-0.39, 0.29) is 29.2 Å². The van der Waals surface area contributed by atoms with E-state index in [1.54, 1.807) is 35.4 Å². The fraction of sp³-hybridized carbons (Fsp3) is 0.357. The second-order valence-corrected chi connectivity index (χ2v) is 13.5. The molecule has 4 rings (SSSR count). The minimum absolute atomic E-state index is 0.165. The molecule has 2 aromatic carbocycles. The molecule has 0 spiro atoms. The number of furan rings is 1. The predicted octanol–water partition coefficient (Wildman–Crippen LogP) is 7.00. The molecule has 0 aliphatic heterocycles. The molecular weight excluding hydrogens is 542 g/mol. The van der Waals surface area contributed by atoms with Gasteiger partial charge in [0.15, 0.2) is 5.13 Å². The number of halogens is 1. The number of amides is 1. The highest BCUT2D eigenvalue weighted by molar-refractivity contribution is 7.89. The molecule has 202 valence electrons. The lowest BCUT2D eigenvalue weighted by Gasteiger charge is -2.25. The molecule has 0 bridgehead atoms. The average Bonchev–Trinajstić information content (AvgIpc) is 3.54. The lowest BCUT2D eigenvalue weighted by atomic mass is 10.2. The molecule has 0 unspecified atom stereocenters. The highest BCUT2D eigenvalue weighted by atomic mass is 35.5. The van der Waals surface area contributed by atoms with Crippen LogP contribution in [0, 0.1) is 18.8 Å². The minimum atomic E-state index is -3.70. The van der Waals surface area contributed by atoms with Crippen molar-refractivity contribution in [3.05, 3.63) is 76.7 Å². The van der Waals surface area contributed by atoms with Crippen molar-refractivity contribution in [2.75, 3.05) is 18.0 Å². The van der Waals surface area contributed by atoms with Gasteiger partial charge in [0.05, 0.1) is 27.9 Å². The SMILES string of the molecule is Cc1c(Cl)ccc2sc(N(Cc3ccco3)C(=O)c3ccc(S(=O)(=O)N(CC(C)C)CC(C)C)cc3)nc12. The number of thiazole rings is 1. The van der Waals surface area contributed by atoms with Gasteiger partial charge in [-0.1, -0.05) is 50.6 Å². The van der Waals surface area contributed by atoms with Gasteiger partial charge in [-0.2, -0.15) is 4.31 Å². The van der Waals surface area contributed by atoms with Crippen LogP contribution in [-0.2, 0) is 16.6 Å². The third kappa shape index (κ3) is 6.12. The zero-order valence-electron chi connectivity index (χ0n) is 22.1. The molecule has 0 radical (unpaired) electrons. The first kappa shape index (κ1) is 28.3. The van der Waals surface area contributed by atoms with E-state index in [1.165, 1.54) is 27.8 Å². The van der Waals surface area contributed by atoms with E-state index >= 15 is 0 Å². The van der Waals surface area contributed by atoms with Crippen LogP contribution in [0.5, 0.6) is 0 Å². The summed E-state index contributed by atoms with van der Waals surface area (Å²) in [6, 6.07) is 13.4. The van der Waals surface area contributed by atoms with Crippen molar-refractivity contribution < 1.29 is 17.6 Å². The van der Waals surface area contributed by atoms with Crippen molar-refractivity contribution >= 4 is 54.2 Å². The van der Waals surface area contributed by atoms with Gasteiger partial charge >= 0.3 is 0 Å². The summed E-state index contributed by atoms with van der Waals surface area (Å²) in [5.41, 5.74) is 1.94. The lowest BCUT2D eigenvalue weighted by molar-refractivity contribution is 0.0983. The molecule has 0 saturated heterocycles. The fourth-order valence-corrected chi connectivity index (χ4v) is 7.09. The first-order valence-corrected chi connectivity index (χ1v) is 15.1. The van der Waals surface area contributed by atoms with Crippen molar-refractivity contribution in [2.45, 2.75) is 46.1 Å². The number of rotatable bonds is 10. The van der Waals surface area contributed by atoms with E-state index in [1.807, 2.05) is 46.8 Å². The van der Waals surface area contributed by atoms with Crippen molar-refractivity contribution in [3.63, 3.8) is 0 Å². The number of benzene rings is 2. The van der Waals surface area contributed by atoms with Gasteiger partial charge in [0.25, 0.3) is 5.91 Å². The first-order valence-electron chi connectivity index (χ1n) is 12.5. The standard InChI is InChI=1S/C28H32ClN3O4S2/c1-18(2)15-31(16-19(3)4)38(34,35)23-10-8-21(9-11-23)27(33)32(17-22-7-6-14-36-22)28-30-26-20(5)24(29)12-13-25(26)37-28/h6-14,18-19H,15-17H2,1-5H3. The van der Waals surface area contributed by atoms with E-state index in [0.29, 0.717) is 34.6 Å². The van der Waals surface area contributed by atoms with E-state index in [2.05, 4.69) is 0 Å². The number of aromatic nitrogens is 1. The Balaban J connectivity index is 1.68. The average molecular weight is 574 g/mol. The van der Waals surface area contributed by atoms with Gasteiger partial charge in [0.2, 0.25) is 10.0 Å². The Kier molecular flexibility index (Phi) is 8.62. The number of anilines is 1. The Morgan fingerprint density at radius 1 is 1.03 bits per heavy atom. The van der Waals surface area contributed by atoms with Crippen LogP contribution in [0.3, 0.4) is 0 Å². The zero-order chi connectivity index (χ0) is 27.6. The molecule has 7 nitrogen and oxygen atoms in total. The molecule has 4 aromatic rings. The third-order valence-electron chi connectivity index (χ3n) is 5.98. The summed E-state index contributed by atoms with van der Waals surface area (Å²) < 4.78 is 34.8. The molecule has 2 heterocycles. The fourth-order valence-electron chi connectivity index (χ4n) is 4.15. The van der Waals surface area contributed by atoms with E-state index in [9.17, 15) is 13.2 Å². The quantitative estimate of drug-likeness (QED) is 0.204. The predicted molar refractivity (Wildman–Crippen MR) is 153 cm³/mol. The maximum absolute atomic E-state index is 13.8. The summed E-state index contributed by atoms with van der Waals surface area (Å²) in [4.78, 5) is 20.2.